The van der Waals surface area contributed by atoms with Crippen LogP contribution in [-0.4, -0.2) is 16.7 Å². The van der Waals surface area contributed by atoms with Gasteiger partial charge in [0.05, 0.1) is 18.1 Å². The number of nitrogens with zero attached hydrogens (tertiary/aromatic N) is 2. The van der Waals surface area contributed by atoms with Gasteiger partial charge in [-0.25, -0.2) is 4.98 Å². The van der Waals surface area contributed by atoms with Crippen molar-refractivity contribution in [3.63, 3.8) is 0 Å². The Hall–Kier alpha value is -3.37. The average Bonchev–Trinajstić information content (AvgIpc) is 3.33. The van der Waals surface area contributed by atoms with E-state index in [4.69, 9.17) is 9.72 Å². The molecule has 3 heterocycles. The molecule has 0 aliphatic rings. The van der Waals surface area contributed by atoms with Crippen LogP contribution in [0.4, 0.5) is 0 Å². The second-order valence-electron chi connectivity index (χ2n) is 9.31. The third-order valence-corrected chi connectivity index (χ3v) is 7.53. The third-order valence-electron chi connectivity index (χ3n) is 6.32. The van der Waals surface area contributed by atoms with Crippen molar-refractivity contribution >= 4 is 53.3 Å². The van der Waals surface area contributed by atoms with Gasteiger partial charge in [-0.05, 0) is 47.4 Å². The summed E-state index contributed by atoms with van der Waals surface area (Å²) in [6.07, 6.45) is 1.92. The number of hydrogen-bond acceptors (Lipinski definition) is 3. The van der Waals surface area contributed by atoms with E-state index in [-0.39, 0.29) is 5.41 Å². The van der Waals surface area contributed by atoms with E-state index in [2.05, 4.69) is 92.1 Å². The minimum absolute atomic E-state index is 0.0485. The smallest absolute Gasteiger partial charge is 0.137 e. The van der Waals surface area contributed by atoms with E-state index in [9.17, 15) is 0 Å². The number of benzene rings is 3. The monoisotopic (exact) mass is 436 g/mol. The first-order valence-electron chi connectivity index (χ1n) is 10.8. The van der Waals surface area contributed by atoms with E-state index in [0.29, 0.717) is 0 Å². The molecule has 158 valence electrons. The molecule has 0 aliphatic heterocycles. The second-order valence-corrected chi connectivity index (χ2v) is 10.4. The highest BCUT2D eigenvalue weighted by Crippen LogP contribution is 2.43. The topological polar surface area (TPSA) is 27.1 Å². The first-order valence-corrected chi connectivity index (χ1v) is 11.7. The van der Waals surface area contributed by atoms with Crippen LogP contribution in [0.25, 0.3) is 47.8 Å². The van der Waals surface area contributed by atoms with E-state index < -0.39 is 0 Å². The van der Waals surface area contributed by atoms with Gasteiger partial charge >= 0.3 is 0 Å². The molecule has 0 atom stereocenters. The second kappa shape index (κ2) is 6.81. The van der Waals surface area contributed by atoms with Crippen LogP contribution in [-0.2, 0) is 5.41 Å². The number of thiophene rings is 1. The molecule has 0 saturated carbocycles. The summed E-state index contributed by atoms with van der Waals surface area (Å²) in [5, 5.41) is 5.13. The molecule has 0 saturated heterocycles. The van der Waals surface area contributed by atoms with Gasteiger partial charge in [0.25, 0.3) is 0 Å². The van der Waals surface area contributed by atoms with Crippen LogP contribution in [0.5, 0.6) is 5.75 Å². The normalized spacial score (nSPS) is 12.4. The Morgan fingerprint density at radius 3 is 2.47 bits per heavy atom. The quantitative estimate of drug-likeness (QED) is 0.276. The first-order chi connectivity index (χ1) is 15.5. The van der Waals surface area contributed by atoms with Crippen LogP contribution in [0, 0.1) is 0 Å². The summed E-state index contributed by atoms with van der Waals surface area (Å²) < 4.78 is 10.5. The Morgan fingerprint density at radius 1 is 0.844 bits per heavy atom. The van der Waals surface area contributed by atoms with Gasteiger partial charge in [0.2, 0.25) is 0 Å². The Labute approximate surface area is 190 Å². The molecule has 0 bridgehead atoms. The highest BCUT2D eigenvalue weighted by molar-refractivity contribution is 7.26. The number of hydrogen-bond donors (Lipinski definition) is 0. The minimum atomic E-state index is 0.0485. The Morgan fingerprint density at radius 2 is 1.66 bits per heavy atom. The maximum atomic E-state index is 5.59. The summed E-state index contributed by atoms with van der Waals surface area (Å²) in [6.45, 7) is 6.71. The van der Waals surface area contributed by atoms with E-state index in [1.807, 2.05) is 17.5 Å². The zero-order valence-corrected chi connectivity index (χ0v) is 19.5. The molecule has 0 spiro atoms. The van der Waals surface area contributed by atoms with E-state index in [1.165, 1.54) is 42.0 Å². The van der Waals surface area contributed by atoms with Crippen molar-refractivity contribution in [1.82, 2.24) is 9.55 Å². The van der Waals surface area contributed by atoms with Crippen molar-refractivity contribution < 1.29 is 4.74 Å². The average molecular weight is 437 g/mol. The Balaban J connectivity index is 1.79. The highest BCUT2D eigenvalue weighted by atomic mass is 32.1. The van der Waals surface area contributed by atoms with Crippen LogP contribution in [0.15, 0.2) is 72.9 Å². The van der Waals surface area contributed by atoms with Crippen molar-refractivity contribution in [1.29, 1.82) is 0 Å². The molecule has 3 aromatic heterocycles. The Kier molecular flexibility index (Phi) is 4.11. The van der Waals surface area contributed by atoms with E-state index >= 15 is 0 Å². The van der Waals surface area contributed by atoms with Gasteiger partial charge in [0, 0.05) is 43.2 Å². The fraction of sp³-hybridized carbons (Fsp3) is 0.179. The van der Waals surface area contributed by atoms with E-state index in [0.717, 1.165) is 17.1 Å². The molecule has 6 aromatic rings. The summed E-state index contributed by atoms with van der Waals surface area (Å²) in [7, 11) is 1.72. The molecule has 4 heteroatoms. The van der Waals surface area contributed by atoms with Gasteiger partial charge in [-0.3, -0.25) is 4.57 Å². The molecule has 3 aromatic carbocycles. The zero-order chi connectivity index (χ0) is 22.0. The van der Waals surface area contributed by atoms with Gasteiger partial charge in [0.15, 0.2) is 0 Å². The lowest BCUT2D eigenvalue weighted by Crippen LogP contribution is -2.12. The van der Waals surface area contributed by atoms with Crippen molar-refractivity contribution in [2.45, 2.75) is 26.2 Å². The van der Waals surface area contributed by atoms with Gasteiger partial charge in [-0.2, -0.15) is 0 Å². The van der Waals surface area contributed by atoms with E-state index in [1.54, 1.807) is 7.11 Å². The molecule has 0 aliphatic carbocycles. The maximum absolute atomic E-state index is 5.59. The molecule has 0 amide bonds. The SMILES string of the molecule is COc1ccc2c3c4sc5ccccc5c4ccc3n(-c3cc(C(C)(C)C)ccn3)c2c1. The largest absolute Gasteiger partial charge is 0.497 e. The van der Waals surface area contributed by atoms with Gasteiger partial charge in [-0.1, -0.05) is 45.0 Å². The molecule has 32 heavy (non-hydrogen) atoms. The summed E-state index contributed by atoms with van der Waals surface area (Å²) in [6, 6.07) is 23.9. The van der Waals surface area contributed by atoms with Crippen molar-refractivity contribution in [2.75, 3.05) is 7.11 Å². The molecular weight excluding hydrogens is 412 g/mol. The molecule has 0 radical (unpaired) electrons. The summed E-state index contributed by atoms with van der Waals surface area (Å²) in [5.74, 6) is 1.78. The molecule has 0 N–H and O–H groups in total. The van der Waals surface area contributed by atoms with Gasteiger partial charge < -0.3 is 4.74 Å². The number of pyridine rings is 1. The van der Waals surface area contributed by atoms with Crippen molar-refractivity contribution in [3.8, 4) is 11.6 Å². The van der Waals surface area contributed by atoms with Crippen LogP contribution in [0.1, 0.15) is 26.3 Å². The summed E-state index contributed by atoms with van der Waals surface area (Å²) >= 11 is 1.87. The molecule has 0 unspecified atom stereocenters. The van der Waals surface area contributed by atoms with Crippen LogP contribution in [0.3, 0.4) is 0 Å². The number of rotatable bonds is 2. The lowest BCUT2D eigenvalue weighted by Gasteiger charge is -2.20. The van der Waals surface area contributed by atoms with Gasteiger partial charge in [0.1, 0.15) is 11.6 Å². The van der Waals surface area contributed by atoms with Gasteiger partial charge in [-0.15, -0.1) is 11.3 Å². The first kappa shape index (κ1) is 19.3. The van der Waals surface area contributed by atoms with Crippen molar-refractivity contribution in [3.05, 3.63) is 78.5 Å². The minimum Gasteiger partial charge on any atom is -0.497 e. The maximum Gasteiger partial charge on any atom is 0.137 e. The molecule has 3 nitrogen and oxygen atoms in total. The fourth-order valence-corrected chi connectivity index (χ4v) is 5.90. The zero-order valence-electron chi connectivity index (χ0n) is 18.6. The van der Waals surface area contributed by atoms with Crippen LogP contribution >= 0.6 is 11.3 Å². The highest BCUT2D eigenvalue weighted by Gasteiger charge is 2.20. The van der Waals surface area contributed by atoms with Crippen LogP contribution < -0.4 is 4.74 Å². The number of ether oxygens (including phenoxy) is 1. The standard InChI is InChI=1S/C28H24N2OS/c1-28(2,3)17-13-14-29-25(15-17)30-22-12-11-20-19-7-5-6-8-24(19)32-27(20)26(22)21-10-9-18(31-4)16-23(21)30/h5-16H,1-4H3. The number of aromatic nitrogens is 2. The van der Waals surface area contributed by atoms with Crippen molar-refractivity contribution in [2.24, 2.45) is 0 Å². The summed E-state index contributed by atoms with van der Waals surface area (Å²) in [5.41, 5.74) is 3.60. The molecule has 0 fully saturated rings. The molecular formula is C28H24N2OS. The fourth-order valence-electron chi connectivity index (χ4n) is 4.64. The molecule has 6 rings (SSSR count). The lowest BCUT2D eigenvalue weighted by molar-refractivity contribution is 0.415. The Bertz CT molecular complexity index is 1650. The van der Waals surface area contributed by atoms with Crippen LogP contribution in [0.2, 0.25) is 0 Å². The predicted octanol–water partition coefficient (Wildman–Crippen LogP) is 7.85. The third kappa shape index (κ3) is 2.76. The lowest BCUT2D eigenvalue weighted by atomic mass is 9.88. The number of fused-ring (bicyclic) bond motifs is 7. The summed E-state index contributed by atoms with van der Waals surface area (Å²) in [4.78, 5) is 4.80. The number of methoxy groups -OCH3 is 1. The predicted molar refractivity (Wildman–Crippen MR) is 137 cm³/mol.